The van der Waals surface area contributed by atoms with E-state index in [9.17, 15) is 4.79 Å². The van der Waals surface area contributed by atoms with Crippen molar-refractivity contribution in [1.29, 1.82) is 0 Å². The van der Waals surface area contributed by atoms with Crippen molar-refractivity contribution in [3.63, 3.8) is 0 Å². The number of nitrogens with two attached hydrogens (primary N) is 1. The van der Waals surface area contributed by atoms with Gasteiger partial charge in [-0.05, 0) is 13.0 Å². The Labute approximate surface area is 106 Å². The molecular formula is C9H10ClIN3O+. The number of carbonyl (C=O) groups excluding carboxylic acids is 1. The fraction of sp³-hybridized carbons (Fsp3) is 0.222. The SMILES string of the molecule is CC(=N[NH2+]CC(=O)I)c1ccncc1Cl. The Morgan fingerprint density at radius 3 is 3.07 bits per heavy atom. The van der Waals surface area contributed by atoms with Gasteiger partial charge in [0.1, 0.15) is 5.71 Å². The van der Waals surface area contributed by atoms with Gasteiger partial charge in [0.05, 0.1) is 5.02 Å². The Hall–Kier alpha value is -0.530. The molecule has 80 valence electrons. The van der Waals surface area contributed by atoms with E-state index in [1.54, 1.807) is 46.5 Å². The molecular weight excluding hydrogens is 328 g/mol. The molecule has 0 unspecified atom stereocenters. The lowest BCUT2D eigenvalue weighted by Gasteiger charge is -2.00. The summed E-state index contributed by atoms with van der Waals surface area (Å²) < 4.78 is 0.0602. The number of hydrogen-bond donors (Lipinski definition) is 1. The number of rotatable bonds is 4. The highest BCUT2D eigenvalue weighted by molar-refractivity contribution is 14.1. The van der Waals surface area contributed by atoms with Crippen LogP contribution in [0.2, 0.25) is 5.02 Å². The van der Waals surface area contributed by atoms with Crippen molar-refractivity contribution >= 4 is 43.7 Å². The predicted molar refractivity (Wildman–Crippen MR) is 67.3 cm³/mol. The Bertz CT molecular complexity index is 395. The van der Waals surface area contributed by atoms with Crippen LogP contribution in [0.1, 0.15) is 12.5 Å². The van der Waals surface area contributed by atoms with Gasteiger partial charge in [-0.2, -0.15) is 0 Å². The highest BCUT2D eigenvalue weighted by Crippen LogP contribution is 2.13. The predicted octanol–water partition coefficient (Wildman–Crippen LogP) is 0.984. The molecule has 0 aromatic carbocycles. The molecule has 0 atom stereocenters. The fourth-order valence-electron chi connectivity index (χ4n) is 0.993. The Morgan fingerprint density at radius 1 is 1.73 bits per heavy atom. The summed E-state index contributed by atoms with van der Waals surface area (Å²) in [7, 11) is 0. The van der Waals surface area contributed by atoms with E-state index < -0.39 is 0 Å². The maximum absolute atomic E-state index is 10.7. The Kier molecular flexibility index (Phi) is 5.13. The number of aromatic nitrogens is 1. The third kappa shape index (κ3) is 4.23. The molecule has 0 aliphatic carbocycles. The van der Waals surface area contributed by atoms with Gasteiger partial charge in [0.25, 0.3) is 0 Å². The molecule has 0 amide bonds. The molecule has 6 heteroatoms. The number of carbonyl (C=O) groups is 1. The largest absolute Gasteiger partial charge is 0.281 e. The number of hydrogen-bond acceptors (Lipinski definition) is 3. The van der Waals surface area contributed by atoms with Crippen LogP contribution >= 0.6 is 34.2 Å². The number of pyridine rings is 1. The molecule has 0 fully saturated rings. The topological polar surface area (TPSA) is 58.9 Å². The van der Waals surface area contributed by atoms with Gasteiger partial charge < -0.3 is 0 Å². The minimum Gasteiger partial charge on any atom is -0.281 e. The van der Waals surface area contributed by atoms with Crippen LogP contribution in [0.3, 0.4) is 0 Å². The molecule has 2 N–H and O–H groups in total. The molecule has 4 nitrogen and oxygen atoms in total. The third-order valence-electron chi connectivity index (χ3n) is 1.70. The second-order valence-corrected chi connectivity index (χ2v) is 4.42. The molecule has 0 spiro atoms. The molecule has 1 heterocycles. The normalized spacial score (nSPS) is 11.5. The van der Waals surface area contributed by atoms with Crippen LogP contribution in [0.25, 0.3) is 0 Å². The van der Waals surface area contributed by atoms with Crippen LogP contribution in [0.15, 0.2) is 23.6 Å². The lowest BCUT2D eigenvalue weighted by Crippen LogP contribution is -2.80. The summed E-state index contributed by atoms with van der Waals surface area (Å²) in [5.74, 6) is 0. The van der Waals surface area contributed by atoms with Crippen LogP contribution in [0.4, 0.5) is 0 Å². The van der Waals surface area contributed by atoms with Crippen molar-refractivity contribution in [2.75, 3.05) is 6.54 Å². The number of quaternary nitrogens is 1. The summed E-state index contributed by atoms with van der Waals surface area (Å²) in [6, 6.07) is 1.79. The minimum absolute atomic E-state index is 0.0602. The maximum atomic E-state index is 10.7. The maximum Gasteiger partial charge on any atom is 0.248 e. The summed E-state index contributed by atoms with van der Waals surface area (Å²) in [5.41, 5.74) is 3.20. The highest BCUT2D eigenvalue weighted by atomic mass is 127. The quantitative estimate of drug-likeness (QED) is 0.293. The molecule has 0 aliphatic heterocycles. The zero-order chi connectivity index (χ0) is 11.3. The van der Waals surface area contributed by atoms with Gasteiger partial charge >= 0.3 is 0 Å². The van der Waals surface area contributed by atoms with Gasteiger partial charge in [-0.15, -0.1) is 0 Å². The van der Waals surface area contributed by atoms with E-state index in [1.807, 2.05) is 6.92 Å². The van der Waals surface area contributed by atoms with E-state index in [0.29, 0.717) is 11.6 Å². The number of halogens is 2. The van der Waals surface area contributed by atoms with E-state index in [1.165, 1.54) is 0 Å². The monoisotopic (exact) mass is 338 g/mol. The van der Waals surface area contributed by atoms with E-state index in [2.05, 4.69) is 10.1 Å². The smallest absolute Gasteiger partial charge is 0.248 e. The van der Waals surface area contributed by atoms with Crippen molar-refractivity contribution in [1.82, 2.24) is 4.98 Å². The second-order valence-electron chi connectivity index (χ2n) is 2.81. The summed E-state index contributed by atoms with van der Waals surface area (Å²) in [6.07, 6.45) is 3.23. The summed E-state index contributed by atoms with van der Waals surface area (Å²) >= 11 is 7.67. The Morgan fingerprint density at radius 2 is 2.47 bits per heavy atom. The van der Waals surface area contributed by atoms with E-state index in [4.69, 9.17) is 11.6 Å². The Balaban J connectivity index is 2.72. The molecule has 0 saturated heterocycles. The first-order chi connectivity index (χ1) is 7.11. The van der Waals surface area contributed by atoms with Crippen molar-refractivity contribution in [3.8, 4) is 0 Å². The van der Waals surface area contributed by atoms with Crippen molar-refractivity contribution in [3.05, 3.63) is 29.0 Å². The second kappa shape index (κ2) is 6.14. The first-order valence-electron chi connectivity index (χ1n) is 4.25. The van der Waals surface area contributed by atoms with Gasteiger partial charge in [-0.1, -0.05) is 16.7 Å². The van der Waals surface area contributed by atoms with Crippen LogP contribution in [0.5, 0.6) is 0 Å². The third-order valence-corrected chi connectivity index (χ3v) is 2.44. The molecule has 0 saturated carbocycles. The zero-order valence-corrected chi connectivity index (χ0v) is 11.0. The lowest BCUT2D eigenvalue weighted by atomic mass is 10.2. The number of nitrogens with zero attached hydrogens (tertiary/aromatic N) is 2. The molecule has 1 aromatic rings. The van der Waals surface area contributed by atoms with E-state index >= 15 is 0 Å². The van der Waals surface area contributed by atoms with Crippen LogP contribution in [0, 0.1) is 0 Å². The summed E-state index contributed by atoms with van der Waals surface area (Å²) in [4.78, 5) is 14.6. The average molecular weight is 339 g/mol. The highest BCUT2D eigenvalue weighted by Gasteiger charge is 2.04. The minimum atomic E-state index is 0.0602. The van der Waals surface area contributed by atoms with Crippen LogP contribution in [-0.4, -0.2) is 21.0 Å². The van der Waals surface area contributed by atoms with Crippen molar-refractivity contribution in [2.45, 2.75) is 6.92 Å². The first kappa shape index (κ1) is 12.5. The van der Waals surface area contributed by atoms with Gasteiger partial charge in [0, 0.05) is 40.5 Å². The first-order valence-corrected chi connectivity index (χ1v) is 5.71. The standard InChI is InChI=1S/C9H9ClIN3O/c1-6(14-13-5-9(11)15)7-2-3-12-4-8(7)10/h2-4,13H,5H2,1H3/p+1. The summed E-state index contributed by atoms with van der Waals surface area (Å²) in [6.45, 7) is 2.18. The van der Waals surface area contributed by atoms with E-state index in [0.717, 1.165) is 11.3 Å². The van der Waals surface area contributed by atoms with E-state index in [-0.39, 0.29) is 3.79 Å². The average Bonchev–Trinajstić information content (AvgIpc) is 2.17. The molecule has 0 bridgehead atoms. The molecule has 15 heavy (non-hydrogen) atoms. The molecule has 0 aliphatic rings. The van der Waals surface area contributed by atoms with Gasteiger partial charge in [0.2, 0.25) is 3.79 Å². The van der Waals surface area contributed by atoms with Crippen molar-refractivity contribution < 1.29 is 10.2 Å². The summed E-state index contributed by atoms with van der Waals surface area (Å²) in [5, 5.41) is 4.71. The zero-order valence-electron chi connectivity index (χ0n) is 8.08. The van der Waals surface area contributed by atoms with Gasteiger partial charge in [0.15, 0.2) is 6.54 Å². The molecule has 0 radical (unpaired) electrons. The molecule has 1 rings (SSSR count). The van der Waals surface area contributed by atoms with Crippen molar-refractivity contribution in [2.24, 2.45) is 5.10 Å². The van der Waals surface area contributed by atoms with Gasteiger partial charge in [-0.3, -0.25) is 9.78 Å². The molecule has 1 aromatic heterocycles. The van der Waals surface area contributed by atoms with Crippen LogP contribution < -0.4 is 5.43 Å². The van der Waals surface area contributed by atoms with Gasteiger partial charge in [-0.25, -0.2) is 5.43 Å². The fourth-order valence-corrected chi connectivity index (χ4v) is 1.45. The van der Waals surface area contributed by atoms with Crippen LogP contribution in [-0.2, 0) is 4.79 Å². The lowest BCUT2D eigenvalue weighted by molar-refractivity contribution is -0.649.